The van der Waals surface area contributed by atoms with Crippen LogP contribution >= 0.6 is 0 Å². The summed E-state index contributed by atoms with van der Waals surface area (Å²) >= 11 is 0. The summed E-state index contributed by atoms with van der Waals surface area (Å²) in [5.41, 5.74) is 3.42. The number of hydrogen-bond acceptors (Lipinski definition) is 3. The molecule has 0 aromatic heterocycles. The molecule has 128 valence electrons. The first kappa shape index (κ1) is 16.9. The molecule has 0 aliphatic heterocycles. The van der Waals surface area contributed by atoms with E-state index in [1.165, 1.54) is 11.3 Å². The molecule has 0 aliphatic carbocycles. The van der Waals surface area contributed by atoms with Crippen molar-refractivity contribution in [1.82, 2.24) is 0 Å². The highest BCUT2D eigenvalue weighted by atomic mass is 16.5. The van der Waals surface area contributed by atoms with E-state index in [9.17, 15) is 0 Å². The van der Waals surface area contributed by atoms with Crippen molar-refractivity contribution in [3.63, 3.8) is 0 Å². The maximum Gasteiger partial charge on any atom is 0.142 e. The number of rotatable bonds is 8. The van der Waals surface area contributed by atoms with Crippen LogP contribution in [0.25, 0.3) is 0 Å². The van der Waals surface area contributed by atoms with E-state index in [1.807, 2.05) is 42.5 Å². The lowest BCUT2D eigenvalue weighted by molar-refractivity contribution is 0.307. The summed E-state index contributed by atoms with van der Waals surface area (Å²) in [6.07, 6.45) is 0. The van der Waals surface area contributed by atoms with Crippen molar-refractivity contribution in [2.75, 3.05) is 30.4 Å². The zero-order valence-corrected chi connectivity index (χ0v) is 14.6. The molecule has 3 aromatic rings. The maximum atomic E-state index is 5.99. The summed E-state index contributed by atoms with van der Waals surface area (Å²) in [5, 5.41) is 3.48. The van der Waals surface area contributed by atoms with Crippen LogP contribution in [0.4, 0.5) is 11.4 Å². The van der Waals surface area contributed by atoms with E-state index in [0.717, 1.165) is 24.5 Å². The molecule has 0 fully saturated rings. The number of nitrogens with zero attached hydrogens (tertiary/aromatic N) is 1. The van der Waals surface area contributed by atoms with Gasteiger partial charge in [-0.1, -0.05) is 60.7 Å². The quantitative estimate of drug-likeness (QED) is 0.640. The third-order valence-corrected chi connectivity index (χ3v) is 4.08. The molecule has 0 amide bonds. The SMILES string of the molecule is CN(CCNc1ccccc1OCc1ccccc1)c1ccccc1. The zero-order chi connectivity index (χ0) is 17.3. The molecule has 0 aliphatic rings. The lowest BCUT2D eigenvalue weighted by atomic mass is 10.2. The largest absolute Gasteiger partial charge is 0.487 e. The van der Waals surface area contributed by atoms with Gasteiger partial charge in [-0.25, -0.2) is 0 Å². The summed E-state index contributed by atoms with van der Waals surface area (Å²) in [6.45, 7) is 2.33. The second-order valence-electron chi connectivity index (χ2n) is 5.95. The van der Waals surface area contributed by atoms with Gasteiger partial charge in [0.2, 0.25) is 0 Å². The summed E-state index contributed by atoms with van der Waals surface area (Å²) < 4.78 is 5.99. The van der Waals surface area contributed by atoms with Crippen LogP contribution in [0, 0.1) is 0 Å². The third kappa shape index (κ3) is 5.01. The van der Waals surface area contributed by atoms with Crippen LogP contribution in [0.3, 0.4) is 0 Å². The smallest absolute Gasteiger partial charge is 0.142 e. The second-order valence-corrected chi connectivity index (χ2v) is 5.95. The molecule has 0 heterocycles. The van der Waals surface area contributed by atoms with E-state index >= 15 is 0 Å². The van der Waals surface area contributed by atoms with Gasteiger partial charge in [-0.05, 0) is 29.8 Å². The standard InChI is InChI=1S/C22H24N2O/c1-24(20-12-6-3-7-13-20)17-16-23-21-14-8-9-15-22(21)25-18-19-10-4-2-5-11-19/h2-15,23H,16-18H2,1H3. The van der Waals surface area contributed by atoms with Crippen LogP contribution in [-0.4, -0.2) is 20.1 Å². The van der Waals surface area contributed by atoms with Gasteiger partial charge in [0.25, 0.3) is 0 Å². The minimum absolute atomic E-state index is 0.573. The highest BCUT2D eigenvalue weighted by Gasteiger charge is 2.04. The van der Waals surface area contributed by atoms with Crippen molar-refractivity contribution >= 4 is 11.4 Å². The molecule has 3 rings (SSSR count). The predicted octanol–water partition coefficient (Wildman–Crippen LogP) is 4.81. The number of anilines is 2. The average Bonchev–Trinajstić information content (AvgIpc) is 2.68. The van der Waals surface area contributed by atoms with Crippen LogP contribution in [0.1, 0.15) is 5.56 Å². The summed E-state index contributed by atoms with van der Waals surface area (Å²) in [7, 11) is 2.11. The van der Waals surface area contributed by atoms with Gasteiger partial charge in [0.1, 0.15) is 12.4 Å². The Morgan fingerprint density at radius 1 is 0.800 bits per heavy atom. The fraction of sp³-hybridized carbons (Fsp3) is 0.182. The Labute approximate surface area is 149 Å². The van der Waals surface area contributed by atoms with Crippen molar-refractivity contribution in [3.8, 4) is 5.75 Å². The van der Waals surface area contributed by atoms with Crippen LogP contribution in [0.5, 0.6) is 5.75 Å². The molecule has 0 unspecified atom stereocenters. The van der Waals surface area contributed by atoms with Crippen LogP contribution in [0.2, 0.25) is 0 Å². The van der Waals surface area contributed by atoms with Gasteiger partial charge in [-0.15, -0.1) is 0 Å². The molecule has 0 bridgehead atoms. The third-order valence-electron chi connectivity index (χ3n) is 4.08. The first-order valence-corrected chi connectivity index (χ1v) is 8.59. The minimum atomic E-state index is 0.573. The molecule has 3 heteroatoms. The van der Waals surface area contributed by atoms with Crippen molar-refractivity contribution in [3.05, 3.63) is 90.5 Å². The van der Waals surface area contributed by atoms with Crippen molar-refractivity contribution in [1.29, 1.82) is 0 Å². The molecule has 0 saturated carbocycles. The maximum absolute atomic E-state index is 5.99. The number of likely N-dealkylation sites (N-methyl/N-ethyl adjacent to an activating group) is 1. The molecular formula is C22H24N2O. The highest BCUT2D eigenvalue weighted by molar-refractivity contribution is 5.56. The van der Waals surface area contributed by atoms with Gasteiger partial charge in [0, 0.05) is 25.8 Å². The Kier molecular flexibility index (Phi) is 5.94. The number of para-hydroxylation sites is 3. The van der Waals surface area contributed by atoms with Crippen molar-refractivity contribution in [2.45, 2.75) is 6.61 Å². The van der Waals surface area contributed by atoms with E-state index in [-0.39, 0.29) is 0 Å². The summed E-state index contributed by atoms with van der Waals surface area (Å²) in [5.74, 6) is 0.883. The molecule has 0 radical (unpaired) electrons. The molecule has 3 nitrogen and oxygen atoms in total. The van der Waals surface area contributed by atoms with Gasteiger partial charge in [-0.3, -0.25) is 0 Å². The highest BCUT2D eigenvalue weighted by Crippen LogP contribution is 2.24. The zero-order valence-electron chi connectivity index (χ0n) is 14.6. The van der Waals surface area contributed by atoms with Gasteiger partial charge in [0.05, 0.1) is 5.69 Å². The molecule has 25 heavy (non-hydrogen) atoms. The van der Waals surface area contributed by atoms with Crippen LogP contribution in [-0.2, 0) is 6.61 Å². The second kappa shape index (κ2) is 8.78. The predicted molar refractivity (Wildman–Crippen MR) is 105 cm³/mol. The molecular weight excluding hydrogens is 308 g/mol. The Balaban J connectivity index is 1.54. The van der Waals surface area contributed by atoms with Gasteiger partial charge in [-0.2, -0.15) is 0 Å². The fourth-order valence-electron chi connectivity index (χ4n) is 2.64. The number of hydrogen-bond donors (Lipinski definition) is 1. The first-order chi connectivity index (χ1) is 12.3. The molecule has 3 aromatic carbocycles. The Hall–Kier alpha value is -2.94. The lowest BCUT2D eigenvalue weighted by Crippen LogP contribution is -2.24. The molecule has 0 saturated heterocycles. The van der Waals surface area contributed by atoms with Gasteiger partial charge >= 0.3 is 0 Å². The Bertz CT molecular complexity index is 759. The number of benzene rings is 3. The van der Waals surface area contributed by atoms with Crippen LogP contribution in [0.15, 0.2) is 84.9 Å². The van der Waals surface area contributed by atoms with Gasteiger partial charge in [0.15, 0.2) is 0 Å². The van der Waals surface area contributed by atoms with E-state index in [4.69, 9.17) is 4.74 Å². The van der Waals surface area contributed by atoms with Crippen molar-refractivity contribution in [2.24, 2.45) is 0 Å². The molecule has 0 atom stereocenters. The Morgan fingerprint density at radius 3 is 2.20 bits per heavy atom. The normalized spacial score (nSPS) is 10.3. The monoisotopic (exact) mass is 332 g/mol. The van der Waals surface area contributed by atoms with E-state index in [2.05, 4.69) is 59.7 Å². The fourth-order valence-corrected chi connectivity index (χ4v) is 2.64. The summed E-state index contributed by atoms with van der Waals surface area (Å²) in [6, 6.07) is 28.7. The van der Waals surface area contributed by atoms with E-state index in [1.54, 1.807) is 0 Å². The lowest BCUT2D eigenvalue weighted by Gasteiger charge is -2.20. The molecule has 0 spiro atoms. The van der Waals surface area contributed by atoms with Gasteiger partial charge < -0.3 is 15.0 Å². The van der Waals surface area contributed by atoms with Crippen molar-refractivity contribution < 1.29 is 4.74 Å². The van der Waals surface area contributed by atoms with Crippen LogP contribution < -0.4 is 15.0 Å². The topological polar surface area (TPSA) is 24.5 Å². The number of ether oxygens (including phenoxy) is 1. The first-order valence-electron chi connectivity index (χ1n) is 8.59. The summed E-state index contributed by atoms with van der Waals surface area (Å²) in [4.78, 5) is 2.24. The minimum Gasteiger partial charge on any atom is -0.487 e. The molecule has 1 N–H and O–H groups in total. The number of nitrogens with one attached hydrogen (secondary N) is 1. The van der Waals surface area contributed by atoms with E-state index < -0.39 is 0 Å². The average molecular weight is 332 g/mol. The Morgan fingerprint density at radius 2 is 1.44 bits per heavy atom. The van der Waals surface area contributed by atoms with E-state index in [0.29, 0.717) is 6.61 Å².